The molecule has 0 bridgehead atoms. The zero-order valence-electron chi connectivity index (χ0n) is 8.71. The number of aryl methyl sites for hydroxylation is 1. The molecule has 0 aliphatic rings. The van der Waals surface area contributed by atoms with Crippen molar-refractivity contribution in [2.45, 2.75) is 12.7 Å². The third-order valence-electron chi connectivity index (χ3n) is 1.94. The van der Waals surface area contributed by atoms with E-state index in [-0.39, 0.29) is 5.75 Å². The minimum atomic E-state index is -1.17. The molecule has 6 heteroatoms. The van der Waals surface area contributed by atoms with Crippen LogP contribution in [0.2, 0.25) is 0 Å². The van der Waals surface area contributed by atoms with Crippen molar-refractivity contribution in [2.75, 3.05) is 5.75 Å². The van der Waals surface area contributed by atoms with Crippen LogP contribution in [0, 0.1) is 5.92 Å². The molecule has 0 spiro atoms. The van der Waals surface area contributed by atoms with Crippen molar-refractivity contribution in [1.29, 1.82) is 0 Å². The van der Waals surface area contributed by atoms with Gasteiger partial charge in [0, 0.05) is 29.8 Å². The number of aliphatic carboxylic acids is 1. The molecule has 5 nitrogen and oxygen atoms in total. The van der Waals surface area contributed by atoms with Crippen molar-refractivity contribution in [3.63, 3.8) is 0 Å². The average molecular weight is 230 g/mol. The van der Waals surface area contributed by atoms with Crippen LogP contribution in [0.25, 0.3) is 0 Å². The highest BCUT2D eigenvalue weighted by Crippen LogP contribution is 2.04. The van der Waals surface area contributed by atoms with Gasteiger partial charge in [-0.25, -0.2) is 0 Å². The molecule has 84 valence electrons. The van der Waals surface area contributed by atoms with Gasteiger partial charge in [0.25, 0.3) is 0 Å². The third-order valence-corrected chi connectivity index (χ3v) is 3.42. The summed E-state index contributed by atoms with van der Waals surface area (Å²) in [5.41, 5.74) is 0.730. The van der Waals surface area contributed by atoms with E-state index in [2.05, 4.69) is 5.10 Å². The smallest absolute Gasteiger partial charge is 0.307 e. The van der Waals surface area contributed by atoms with Crippen LogP contribution in [0.15, 0.2) is 12.3 Å². The fourth-order valence-electron chi connectivity index (χ4n) is 1.11. The van der Waals surface area contributed by atoms with E-state index in [0.29, 0.717) is 5.75 Å². The summed E-state index contributed by atoms with van der Waals surface area (Å²) in [5.74, 6) is -0.997. The molecule has 0 radical (unpaired) electrons. The quantitative estimate of drug-likeness (QED) is 0.794. The second-order valence-corrected chi connectivity index (χ2v) is 4.97. The Bertz CT molecular complexity index is 375. The molecule has 2 atom stereocenters. The molecule has 0 fully saturated rings. The Kier molecular flexibility index (Phi) is 4.02. The Morgan fingerprint density at radius 1 is 1.73 bits per heavy atom. The van der Waals surface area contributed by atoms with Gasteiger partial charge in [-0.15, -0.1) is 0 Å². The molecule has 1 N–H and O–H groups in total. The molecule has 0 aliphatic carbocycles. The number of carbonyl (C=O) groups is 1. The molecule has 0 amide bonds. The lowest BCUT2D eigenvalue weighted by molar-refractivity contribution is -0.140. The topological polar surface area (TPSA) is 72.2 Å². The molecule has 1 aromatic heterocycles. The summed E-state index contributed by atoms with van der Waals surface area (Å²) in [5, 5.41) is 12.7. The van der Waals surface area contributed by atoms with Crippen LogP contribution in [-0.2, 0) is 28.4 Å². The van der Waals surface area contributed by atoms with Gasteiger partial charge < -0.3 is 5.11 Å². The number of carboxylic acids is 1. The molecular formula is C9H14N2O3S. The van der Waals surface area contributed by atoms with E-state index in [1.165, 1.54) is 0 Å². The van der Waals surface area contributed by atoms with Crippen molar-refractivity contribution < 1.29 is 14.1 Å². The molecule has 2 unspecified atom stereocenters. The minimum absolute atomic E-state index is 0.173. The largest absolute Gasteiger partial charge is 0.481 e. The Labute approximate surface area is 90.6 Å². The van der Waals surface area contributed by atoms with E-state index in [4.69, 9.17) is 5.11 Å². The van der Waals surface area contributed by atoms with E-state index < -0.39 is 22.7 Å². The molecule has 15 heavy (non-hydrogen) atoms. The molecular weight excluding hydrogens is 216 g/mol. The van der Waals surface area contributed by atoms with Crippen LogP contribution in [0.1, 0.15) is 12.6 Å². The molecule has 1 heterocycles. The van der Waals surface area contributed by atoms with Gasteiger partial charge in [0.2, 0.25) is 0 Å². The lowest BCUT2D eigenvalue weighted by atomic mass is 10.2. The van der Waals surface area contributed by atoms with Crippen LogP contribution in [0.4, 0.5) is 0 Å². The first-order valence-electron chi connectivity index (χ1n) is 4.55. The number of hydrogen-bond acceptors (Lipinski definition) is 3. The van der Waals surface area contributed by atoms with Crippen molar-refractivity contribution >= 4 is 16.8 Å². The Hall–Kier alpha value is -1.17. The fraction of sp³-hybridized carbons (Fsp3) is 0.556. The second-order valence-electron chi connectivity index (χ2n) is 3.47. The molecule has 0 aromatic carbocycles. The van der Waals surface area contributed by atoms with E-state index in [0.717, 1.165) is 5.69 Å². The number of nitrogens with zero attached hydrogens (tertiary/aromatic N) is 2. The molecule has 1 rings (SSSR count). The van der Waals surface area contributed by atoms with Gasteiger partial charge in [-0.2, -0.15) is 5.10 Å². The van der Waals surface area contributed by atoms with Crippen LogP contribution < -0.4 is 0 Å². The monoisotopic (exact) mass is 230 g/mol. The predicted molar refractivity (Wildman–Crippen MR) is 56.7 cm³/mol. The molecule has 0 saturated carbocycles. The maximum absolute atomic E-state index is 11.5. The zero-order valence-corrected chi connectivity index (χ0v) is 9.53. The van der Waals surface area contributed by atoms with E-state index >= 15 is 0 Å². The molecule has 1 aromatic rings. The van der Waals surface area contributed by atoms with Crippen molar-refractivity contribution in [1.82, 2.24) is 9.78 Å². The second kappa shape index (κ2) is 5.06. The summed E-state index contributed by atoms with van der Waals surface area (Å²) in [6, 6.07) is 1.78. The first kappa shape index (κ1) is 11.9. The van der Waals surface area contributed by atoms with Crippen molar-refractivity contribution in [3.8, 4) is 0 Å². The lowest BCUT2D eigenvalue weighted by Gasteiger charge is -2.04. The van der Waals surface area contributed by atoms with Crippen molar-refractivity contribution in [2.24, 2.45) is 13.0 Å². The molecule has 0 saturated heterocycles. The third kappa shape index (κ3) is 3.83. The highest BCUT2D eigenvalue weighted by molar-refractivity contribution is 7.84. The Balaban J connectivity index is 2.46. The fourth-order valence-corrected chi connectivity index (χ4v) is 2.42. The van der Waals surface area contributed by atoms with Gasteiger partial charge in [-0.05, 0) is 6.07 Å². The van der Waals surface area contributed by atoms with Crippen LogP contribution in [-0.4, -0.2) is 30.8 Å². The van der Waals surface area contributed by atoms with Gasteiger partial charge in [0.1, 0.15) is 0 Å². The predicted octanol–water partition coefficient (Wildman–Crippen LogP) is 0.390. The van der Waals surface area contributed by atoms with Crippen LogP contribution >= 0.6 is 0 Å². The van der Waals surface area contributed by atoms with Crippen LogP contribution in [0.5, 0.6) is 0 Å². The van der Waals surface area contributed by atoms with E-state index in [1.54, 1.807) is 30.9 Å². The first-order chi connectivity index (χ1) is 6.99. The summed E-state index contributed by atoms with van der Waals surface area (Å²) >= 11 is 0. The highest BCUT2D eigenvalue weighted by Gasteiger charge is 2.15. The number of hydrogen-bond donors (Lipinski definition) is 1. The lowest BCUT2D eigenvalue weighted by Crippen LogP contribution is -2.18. The normalized spacial score (nSPS) is 14.8. The Morgan fingerprint density at radius 3 is 2.87 bits per heavy atom. The van der Waals surface area contributed by atoms with E-state index in [1.807, 2.05) is 0 Å². The van der Waals surface area contributed by atoms with Crippen LogP contribution in [0.3, 0.4) is 0 Å². The maximum Gasteiger partial charge on any atom is 0.307 e. The SMILES string of the molecule is CC(CS(=O)Cc1ccn(C)n1)C(=O)O. The number of carboxylic acid groups (broad SMARTS) is 1. The van der Waals surface area contributed by atoms with Gasteiger partial charge in [-0.3, -0.25) is 13.7 Å². The summed E-state index contributed by atoms with van der Waals surface area (Å²) in [4.78, 5) is 10.5. The summed E-state index contributed by atoms with van der Waals surface area (Å²) in [6.45, 7) is 1.55. The average Bonchev–Trinajstić information content (AvgIpc) is 2.50. The minimum Gasteiger partial charge on any atom is -0.481 e. The summed E-state index contributed by atoms with van der Waals surface area (Å²) < 4.78 is 13.2. The summed E-state index contributed by atoms with van der Waals surface area (Å²) in [7, 11) is 0.619. The van der Waals surface area contributed by atoms with Gasteiger partial charge in [-0.1, -0.05) is 6.92 Å². The number of rotatable bonds is 5. The Morgan fingerprint density at radius 2 is 2.40 bits per heavy atom. The number of aromatic nitrogens is 2. The molecule has 0 aliphatic heterocycles. The van der Waals surface area contributed by atoms with Crippen molar-refractivity contribution in [3.05, 3.63) is 18.0 Å². The van der Waals surface area contributed by atoms with Gasteiger partial charge >= 0.3 is 5.97 Å². The van der Waals surface area contributed by atoms with Gasteiger partial charge in [0.15, 0.2) is 0 Å². The maximum atomic E-state index is 11.5. The van der Waals surface area contributed by atoms with E-state index in [9.17, 15) is 9.00 Å². The zero-order chi connectivity index (χ0) is 11.4. The summed E-state index contributed by atoms with van der Waals surface area (Å²) in [6.07, 6.45) is 1.77. The van der Waals surface area contributed by atoms with Gasteiger partial charge in [0.05, 0.1) is 17.4 Å². The highest BCUT2D eigenvalue weighted by atomic mass is 32.2. The standard InChI is InChI=1S/C9H14N2O3S/c1-7(9(12)13)5-15(14)6-8-3-4-11(2)10-8/h3-4,7H,5-6H2,1-2H3,(H,12,13). The first-order valence-corrected chi connectivity index (χ1v) is 6.04.